The van der Waals surface area contributed by atoms with E-state index in [4.69, 9.17) is 9.47 Å². The number of benzene rings is 3. The highest BCUT2D eigenvalue weighted by molar-refractivity contribution is 5.98. The van der Waals surface area contributed by atoms with Crippen LogP contribution in [-0.2, 0) is 0 Å². The normalized spacial score (nSPS) is 11.2. The van der Waals surface area contributed by atoms with E-state index in [9.17, 15) is 0 Å². The first-order valence-electron chi connectivity index (χ1n) is 9.88. The Hall–Kier alpha value is -4.46. The van der Waals surface area contributed by atoms with Crippen molar-refractivity contribution in [2.24, 2.45) is 10.2 Å². The molecule has 4 aromatic rings. The standard InChI is InChI=1S/C24H22N6O2/c1-31-19-11-7-17(8-12-19)15-25-27-23-21-5-3-4-6-22(21)24(30-29-23)28-26-16-18-9-13-20(32-2)14-10-18/h3-16H,1-2H3,(H,27,29)(H,28,30)/b25-15+,26-16+. The molecule has 0 unspecified atom stereocenters. The van der Waals surface area contributed by atoms with Crippen LogP contribution >= 0.6 is 0 Å². The first-order chi connectivity index (χ1) is 15.8. The molecule has 0 spiro atoms. The van der Waals surface area contributed by atoms with Gasteiger partial charge in [-0.25, -0.2) is 0 Å². The number of methoxy groups -OCH3 is 2. The van der Waals surface area contributed by atoms with Crippen molar-refractivity contribution < 1.29 is 9.47 Å². The molecule has 0 radical (unpaired) electrons. The predicted molar refractivity (Wildman–Crippen MR) is 128 cm³/mol. The largest absolute Gasteiger partial charge is 0.497 e. The van der Waals surface area contributed by atoms with Gasteiger partial charge in [-0.05, 0) is 59.7 Å². The maximum absolute atomic E-state index is 5.17. The Morgan fingerprint density at radius 3 is 1.41 bits per heavy atom. The van der Waals surface area contributed by atoms with E-state index in [-0.39, 0.29) is 0 Å². The molecule has 2 N–H and O–H groups in total. The summed E-state index contributed by atoms with van der Waals surface area (Å²) < 4.78 is 10.3. The number of hydrogen-bond donors (Lipinski definition) is 2. The van der Waals surface area contributed by atoms with Crippen LogP contribution in [0.1, 0.15) is 11.1 Å². The molecule has 0 saturated carbocycles. The minimum atomic E-state index is 0.551. The monoisotopic (exact) mass is 426 g/mol. The van der Waals surface area contributed by atoms with Crippen molar-refractivity contribution in [3.8, 4) is 11.5 Å². The Morgan fingerprint density at radius 2 is 1.03 bits per heavy atom. The van der Waals surface area contributed by atoms with E-state index in [0.717, 1.165) is 33.4 Å². The maximum atomic E-state index is 5.17. The van der Waals surface area contributed by atoms with Crippen LogP contribution in [-0.4, -0.2) is 36.8 Å². The van der Waals surface area contributed by atoms with E-state index in [0.29, 0.717) is 11.6 Å². The van der Waals surface area contributed by atoms with Gasteiger partial charge in [-0.2, -0.15) is 10.2 Å². The molecule has 0 aliphatic rings. The Bertz CT molecular complexity index is 1140. The fourth-order valence-electron chi connectivity index (χ4n) is 2.98. The zero-order valence-corrected chi connectivity index (χ0v) is 17.7. The van der Waals surface area contributed by atoms with E-state index in [1.165, 1.54) is 0 Å². The maximum Gasteiger partial charge on any atom is 0.176 e. The molecule has 8 heteroatoms. The zero-order chi connectivity index (χ0) is 22.2. The lowest BCUT2D eigenvalue weighted by Gasteiger charge is -2.08. The number of nitrogens with one attached hydrogen (secondary N) is 2. The van der Waals surface area contributed by atoms with Crippen LogP contribution in [0.4, 0.5) is 11.6 Å². The summed E-state index contributed by atoms with van der Waals surface area (Å²) in [4.78, 5) is 0. The second kappa shape index (κ2) is 10.0. The second-order valence-corrected chi connectivity index (χ2v) is 6.73. The summed E-state index contributed by atoms with van der Waals surface area (Å²) in [6.45, 7) is 0. The van der Waals surface area contributed by atoms with E-state index in [1.54, 1.807) is 26.6 Å². The summed E-state index contributed by atoms with van der Waals surface area (Å²) in [5.41, 5.74) is 7.81. The molecule has 0 atom stereocenters. The van der Waals surface area contributed by atoms with Crippen molar-refractivity contribution in [3.05, 3.63) is 83.9 Å². The molecule has 1 aromatic heterocycles. The van der Waals surface area contributed by atoms with Crippen molar-refractivity contribution in [2.75, 3.05) is 25.1 Å². The van der Waals surface area contributed by atoms with Crippen molar-refractivity contribution in [2.45, 2.75) is 0 Å². The van der Waals surface area contributed by atoms with Gasteiger partial charge in [-0.15, -0.1) is 10.2 Å². The second-order valence-electron chi connectivity index (χ2n) is 6.73. The molecule has 3 aromatic carbocycles. The highest BCUT2D eigenvalue weighted by Gasteiger charge is 2.08. The van der Waals surface area contributed by atoms with E-state index >= 15 is 0 Å². The van der Waals surface area contributed by atoms with Crippen molar-refractivity contribution in [1.29, 1.82) is 0 Å². The van der Waals surface area contributed by atoms with E-state index in [1.807, 2.05) is 72.8 Å². The predicted octanol–water partition coefficient (Wildman–Crippen LogP) is 4.54. The van der Waals surface area contributed by atoms with Crippen LogP contribution < -0.4 is 20.3 Å². The third-order valence-electron chi connectivity index (χ3n) is 4.69. The number of ether oxygens (including phenoxy) is 2. The third-order valence-corrected chi connectivity index (χ3v) is 4.69. The molecule has 160 valence electrons. The SMILES string of the molecule is COc1ccc(/C=N/Nc2nnc(N/N=C/c3ccc(OC)cc3)c3ccccc23)cc1. The lowest BCUT2D eigenvalue weighted by Crippen LogP contribution is -2.01. The molecule has 0 aliphatic heterocycles. The average Bonchev–Trinajstić information content (AvgIpc) is 2.86. The van der Waals surface area contributed by atoms with Crippen LogP contribution in [0, 0.1) is 0 Å². The molecule has 1 heterocycles. The lowest BCUT2D eigenvalue weighted by atomic mass is 10.2. The van der Waals surface area contributed by atoms with E-state index in [2.05, 4.69) is 31.3 Å². The highest BCUT2D eigenvalue weighted by Crippen LogP contribution is 2.26. The zero-order valence-electron chi connectivity index (χ0n) is 17.7. The van der Waals surface area contributed by atoms with Gasteiger partial charge >= 0.3 is 0 Å². The Balaban J connectivity index is 1.49. The lowest BCUT2D eigenvalue weighted by molar-refractivity contribution is 0.414. The molecule has 0 aliphatic carbocycles. The number of nitrogens with zero attached hydrogens (tertiary/aromatic N) is 4. The fraction of sp³-hybridized carbons (Fsp3) is 0.0833. The quantitative estimate of drug-likeness (QED) is 0.317. The van der Waals surface area contributed by atoms with Crippen LogP contribution in [0.5, 0.6) is 11.5 Å². The van der Waals surface area contributed by atoms with Gasteiger partial charge in [-0.3, -0.25) is 10.9 Å². The Labute approximate surface area is 185 Å². The Kier molecular flexibility index (Phi) is 6.52. The number of fused-ring (bicyclic) bond motifs is 1. The Morgan fingerprint density at radius 1 is 0.625 bits per heavy atom. The fourth-order valence-corrected chi connectivity index (χ4v) is 2.98. The van der Waals surface area contributed by atoms with Gasteiger partial charge in [-0.1, -0.05) is 24.3 Å². The molecular weight excluding hydrogens is 404 g/mol. The van der Waals surface area contributed by atoms with Gasteiger partial charge < -0.3 is 9.47 Å². The summed E-state index contributed by atoms with van der Waals surface area (Å²) in [5, 5.41) is 18.8. The van der Waals surface area contributed by atoms with Crippen molar-refractivity contribution in [3.63, 3.8) is 0 Å². The van der Waals surface area contributed by atoms with Crippen LogP contribution in [0.3, 0.4) is 0 Å². The molecule has 8 nitrogen and oxygen atoms in total. The van der Waals surface area contributed by atoms with Crippen LogP contribution in [0.2, 0.25) is 0 Å². The van der Waals surface area contributed by atoms with Gasteiger partial charge in [0.15, 0.2) is 11.6 Å². The van der Waals surface area contributed by atoms with Gasteiger partial charge in [0, 0.05) is 10.8 Å². The topological polar surface area (TPSA) is 93.0 Å². The van der Waals surface area contributed by atoms with Gasteiger partial charge in [0.1, 0.15) is 11.5 Å². The number of rotatable bonds is 8. The molecule has 0 amide bonds. The van der Waals surface area contributed by atoms with Gasteiger partial charge in [0.05, 0.1) is 26.6 Å². The summed E-state index contributed by atoms with van der Waals surface area (Å²) in [6, 6.07) is 23.0. The molecule has 0 bridgehead atoms. The van der Waals surface area contributed by atoms with Crippen molar-refractivity contribution in [1.82, 2.24) is 10.2 Å². The van der Waals surface area contributed by atoms with Crippen LogP contribution in [0.25, 0.3) is 10.8 Å². The number of aromatic nitrogens is 2. The van der Waals surface area contributed by atoms with E-state index < -0.39 is 0 Å². The average molecular weight is 426 g/mol. The first kappa shape index (κ1) is 20.8. The minimum absolute atomic E-state index is 0.551. The number of anilines is 2. The first-order valence-corrected chi connectivity index (χ1v) is 9.88. The summed E-state index contributed by atoms with van der Waals surface area (Å²) in [6.07, 6.45) is 3.42. The van der Waals surface area contributed by atoms with Gasteiger partial charge in [0.2, 0.25) is 0 Å². The number of hydrazone groups is 2. The smallest absolute Gasteiger partial charge is 0.176 e. The molecule has 0 saturated heterocycles. The summed E-state index contributed by atoms with van der Waals surface area (Å²) in [7, 11) is 3.27. The highest BCUT2D eigenvalue weighted by atomic mass is 16.5. The van der Waals surface area contributed by atoms with Gasteiger partial charge in [0.25, 0.3) is 0 Å². The van der Waals surface area contributed by atoms with Crippen molar-refractivity contribution >= 4 is 34.8 Å². The molecular formula is C24H22N6O2. The minimum Gasteiger partial charge on any atom is -0.497 e. The molecule has 0 fully saturated rings. The summed E-state index contributed by atoms with van der Waals surface area (Å²) >= 11 is 0. The van der Waals surface area contributed by atoms with Crippen LogP contribution in [0.15, 0.2) is 83.0 Å². The third kappa shape index (κ3) is 4.99. The molecule has 32 heavy (non-hydrogen) atoms. The molecule has 4 rings (SSSR count). The summed E-state index contributed by atoms with van der Waals surface area (Å²) in [5.74, 6) is 2.69. The number of hydrogen-bond acceptors (Lipinski definition) is 8.